The summed E-state index contributed by atoms with van der Waals surface area (Å²) in [6.07, 6.45) is 2.16. The van der Waals surface area contributed by atoms with E-state index in [4.69, 9.17) is 0 Å². The Morgan fingerprint density at radius 3 is 1.78 bits per heavy atom. The van der Waals surface area contributed by atoms with Gasteiger partial charge in [-0.25, -0.2) is 0 Å². The van der Waals surface area contributed by atoms with Crippen molar-refractivity contribution >= 4 is 0 Å². The molecule has 0 aliphatic carbocycles. The molecular weight excluding hydrogens is 110 g/mol. The second-order valence-electron chi connectivity index (χ2n) is 2.76. The lowest BCUT2D eigenvalue weighted by molar-refractivity contribution is 0.445. The first-order valence-electron chi connectivity index (χ1n) is 3.43. The van der Waals surface area contributed by atoms with E-state index in [1.807, 2.05) is 0 Å². The number of allylic oxidation sites excluding steroid dienone is 2. The first kappa shape index (κ1) is 8.54. The van der Waals surface area contributed by atoms with Crippen molar-refractivity contribution in [1.82, 2.24) is 4.90 Å². The highest BCUT2D eigenvalue weighted by atomic mass is 15.1. The summed E-state index contributed by atoms with van der Waals surface area (Å²) in [5.41, 5.74) is 1.40. The SMILES string of the molecule is CC=C(C(C)C)N(C)C. The molecule has 0 aliphatic heterocycles. The lowest BCUT2D eigenvalue weighted by Gasteiger charge is -2.19. The molecule has 0 radical (unpaired) electrons. The largest absolute Gasteiger partial charge is 0.381 e. The molecule has 0 aliphatic rings. The Morgan fingerprint density at radius 2 is 1.78 bits per heavy atom. The van der Waals surface area contributed by atoms with Crippen LogP contribution < -0.4 is 0 Å². The molecule has 54 valence electrons. The third-order valence-electron chi connectivity index (χ3n) is 1.40. The third-order valence-corrected chi connectivity index (χ3v) is 1.40. The minimum Gasteiger partial charge on any atom is -0.381 e. The first-order valence-corrected chi connectivity index (χ1v) is 3.43. The van der Waals surface area contributed by atoms with Crippen LogP contribution in [0, 0.1) is 5.92 Å². The Labute approximate surface area is 58.4 Å². The second kappa shape index (κ2) is 3.54. The van der Waals surface area contributed by atoms with Crippen LogP contribution >= 0.6 is 0 Å². The van der Waals surface area contributed by atoms with Crippen molar-refractivity contribution in [1.29, 1.82) is 0 Å². The number of hydrogen-bond acceptors (Lipinski definition) is 1. The fourth-order valence-corrected chi connectivity index (χ4v) is 1.11. The van der Waals surface area contributed by atoms with Gasteiger partial charge in [-0.1, -0.05) is 19.9 Å². The van der Waals surface area contributed by atoms with Gasteiger partial charge in [-0.05, 0) is 12.8 Å². The van der Waals surface area contributed by atoms with E-state index in [1.54, 1.807) is 0 Å². The first-order chi connectivity index (χ1) is 4.09. The molecule has 0 aromatic rings. The van der Waals surface area contributed by atoms with Crippen LogP contribution in [0.2, 0.25) is 0 Å². The van der Waals surface area contributed by atoms with Crippen molar-refractivity contribution in [2.75, 3.05) is 14.1 Å². The Kier molecular flexibility index (Phi) is 3.36. The van der Waals surface area contributed by atoms with Crippen LogP contribution in [0.3, 0.4) is 0 Å². The molecule has 1 heteroatoms. The molecule has 0 atom stereocenters. The molecule has 0 fully saturated rings. The lowest BCUT2D eigenvalue weighted by Crippen LogP contribution is -2.15. The Hall–Kier alpha value is -0.460. The fraction of sp³-hybridized carbons (Fsp3) is 0.750. The van der Waals surface area contributed by atoms with Crippen LogP contribution in [-0.2, 0) is 0 Å². The van der Waals surface area contributed by atoms with Gasteiger partial charge in [0.05, 0.1) is 0 Å². The molecule has 1 nitrogen and oxygen atoms in total. The summed E-state index contributed by atoms with van der Waals surface area (Å²) < 4.78 is 0. The molecule has 0 spiro atoms. The van der Waals surface area contributed by atoms with Crippen LogP contribution in [0.25, 0.3) is 0 Å². The molecule has 0 heterocycles. The highest BCUT2D eigenvalue weighted by Gasteiger charge is 2.01. The van der Waals surface area contributed by atoms with Crippen LogP contribution in [0.1, 0.15) is 20.8 Å². The predicted octanol–water partition coefficient (Wildman–Crippen LogP) is 2.11. The Morgan fingerprint density at radius 1 is 1.33 bits per heavy atom. The van der Waals surface area contributed by atoms with Gasteiger partial charge in [0.2, 0.25) is 0 Å². The Bertz CT molecular complexity index is 91.1. The van der Waals surface area contributed by atoms with Gasteiger partial charge in [-0.3, -0.25) is 0 Å². The zero-order valence-corrected chi connectivity index (χ0v) is 7.10. The molecule has 0 saturated carbocycles. The monoisotopic (exact) mass is 127 g/mol. The molecule has 0 unspecified atom stereocenters. The molecule has 0 rings (SSSR count). The molecular formula is C8H17N. The average molecular weight is 127 g/mol. The maximum atomic E-state index is 2.20. The summed E-state index contributed by atoms with van der Waals surface area (Å²) in [7, 11) is 4.16. The van der Waals surface area contributed by atoms with Gasteiger partial charge in [-0.2, -0.15) is 0 Å². The highest BCUT2D eigenvalue weighted by Crippen LogP contribution is 2.10. The third kappa shape index (κ3) is 2.54. The molecule has 0 aromatic heterocycles. The maximum Gasteiger partial charge on any atom is 0.0110 e. The summed E-state index contributed by atoms with van der Waals surface area (Å²) in [6, 6.07) is 0. The van der Waals surface area contributed by atoms with E-state index < -0.39 is 0 Å². The molecule has 0 N–H and O–H groups in total. The van der Waals surface area contributed by atoms with Crippen molar-refractivity contribution in [3.05, 3.63) is 11.8 Å². The van der Waals surface area contributed by atoms with Crippen LogP contribution in [0.5, 0.6) is 0 Å². The van der Waals surface area contributed by atoms with Crippen molar-refractivity contribution in [3.8, 4) is 0 Å². The second-order valence-corrected chi connectivity index (χ2v) is 2.76. The van der Waals surface area contributed by atoms with E-state index in [9.17, 15) is 0 Å². The highest BCUT2D eigenvalue weighted by molar-refractivity contribution is 4.99. The molecule has 0 aromatic carbocycles. The summed E-state index contributed by atoms with van der Waals surface area (Å²) in [5, 5.41) is 0. The lowest BCUT2D eigenvalue weighted by atomic mass is 10.1. The van der Waals surface area contributed by atoms with Gasteiger partial charge < -0.3 is 4.90 Å². The minimum absolute atomic E-state index is 0.644. The topological polar surface area (TPSA) is 3.24 Å². The van der Waals surface area contributed by atoms with Crippen molar-refractivity contribution in [2.45, 2.75) is 20.8 Å². The van der Waals surface area contributed by atoms with Gasteiger partial charge in [0, 0.05) is 19.8 Å². The van der Waals surface area contributed by atoms with E-state index in [1.165, 1.54) is 5.70 Å². The normalized spacial score (nSPS) is 12.4. The van der Waals surface area contributed by atoms with E-state index in [2.05, 4.69) is 45.8 Å². The van der Waals surface area contributed by atoms with Gasteiger partial charge in [-0.15, -0.1) is 0 Å². The predicted molar refractivity (Wildman–Crippen MR) is 42.3 cm³/mol. The standard InChI is InChI=1S/C8H17N/c1-6-8(7(2)3)9(4)5/h6-7H,1-5H3. The summed E-state index contributed by atoms with van der Waals surface area (Å²) in [4.78, 5) is 2.16. The van der Waals surface area contributed by atoms with E-state index in [0.717, 1.165) is 0 Å². The average Bonchev–Trinajstić information content (AvgIpc) is 1.64. The molecule has 9 heavy (non-hydrogen) atoms. The van der Waals surface area contributed by atoms with E-state index >= 15 is 0 Å². The number of hydrogen-bond donors (Lipinski definition) is 0. The summed E-state index contributed by atoms with van der Waals surface area (Å²) in [5.74, 6) is 0.644. The van der Waals surface area contributed by atoms with E-state index in [0.29, 0.717) is 5.92 Å². The van der Waals surface area contributed by atoms with Crippen LogP contribution in [0.4, 0.5) is 0 Å². The van der Waals surface area contributed by atoms with E-state index in [-0.39, 0.29) is 0 Å². The smallest absolute Gasteiger partial charge is 0.0110 e. The zero-order valence-electron chi connectivity index (χ0n) is 7.10. The maximum absolute atomic E-state index is 2.20. The summed E-state index contributed by atoms with van der Waals surface area (Å²) in [6.45, 7) is 6.49. The summed E-state index contributed by atoms with van der Waals surface area (Å²) >= 11 is 0. The molecule has 0 saturated heterocycles. The van der Waals surface area contributed by atoms with Crippen molar-refractivity contribution in [2.24, 2.45) is 5.92 Å². The Balaban J connectivity index is 4.01. The van der Waals surface area contributed by atoms with Gasteiger partial charge in [0.15, 0.2) is 0 Å². The quantitative estimate of drug-likeness (QED) is 0.549. The number of nitrogens with zero attached hydrogens (tertiary/aromatic N) is 1. The van der Waals surface area contributed by atoms with Gasteiger partial charge in [0.1, 0.15) is 0 Å². The molecule has 0 amide bonds. The fourth-order valence-electron chi connectivity index (χ4n) is 1.11. The molecule has 0 bridgehead atoms. The minimum atomic E-state index is 0.644. The van der Waals surface area contributed by atoms with Crippen LogP contribution in [0.15, 0.2) is 11.8 Å². The van der Waals surface area contributed by atoms with Crippen LogP contribution in [-0.4, -0.2) is 19.0 Å². The van der Waals surface area contributed by atoms with Crippen molar-refractivity contribution < 1.29 is 0 Å². The van der Waals surface area contributed by atoms with Crippen molar-refractivity contribution in [3.63, 3.8) is 0 Å². The number of rotatable bonds is 2. The van der Waals surface area contributed by atoms with Gasteiger partial charge in [0.25, 0.3) is 0 Å². The zero-order chi connectivity index (χ0) is 7.44. The van der Waals surface area contributed by atoms with Gasteiger partial charge >= 0.3 is 0 Å².